The second-order valence-electron chi connectivity index (χ2n) is 7.40. The van der Waals surface area contributed by atoms with E-state index in [1.807, 2.05) is 57.2 Å². The van der Waals surface area contributed by atoms with Gasteiger partial charge in [-0.1, -0.05) is 28.1 Å². The summed E-state index contributed by atoms with van der Waals surface area (Å²) in [4.78, 5) is 12.6. The van der Waals surface area contributed by atoms with Crippen molar-refractivity contribution in [3.63, 3.8) is 0 Å². The fourth-order valence-corrected chi connectivity index (χ4v) is 4.06. The van der Waals surface area contributed by atoms with Gasteiger partial charge in [0, 0.05) is 10.0 Å². The molecule has 1 N–H and O–H groups in total. The maximum atomic E-state index is 12.6. The van der Waals surface area contributed by atoms with Gasteiger partial charge in [-0.25, -0.2) is 5.43 Å². The molecule has 36 heavy (non-hydrogen) atoms. The minimum atomic E-state index is -0.367. The van der Waals surface area contributed by atoms with E-state index in [0.717, 1.165) is 15.6 Å². The van der Waals surface area contributed by atoms with Crippen LogP contribution >= 0.6 is 31.9 Å². The third kappa shape index (κ3) is 7.73. The smallest absolute Gasteiger partial charge is 0.271 e. The number of carbonyl (C=O) groups excluding carboxylic acids is 1. The zero-order chi connectivity index (χ0) is 25.9. The van der Waals surface area contributed by atoms with Crippen molar-refractivity contribution in [3.05, 3.63) is 80.2 Å². The Balaban J connectivity index is 1.71. The number of nitrogens with one attached hydrogen (secondary N) is 1. The van der Waals surface area contributed by atoms with E-state index in [1.54, 1.807) is 24.4 Å². The molecule has 0 atom stereocenters. The van der Waals surface area contributed by atoms with E-state index in [2.05, 4.69) is 42.4 Å². The number of benzene rings is 3. The fourth-order valence-electron chi connectivity index (χ4n) is 3.22. The summed E-state index contributed by atoms with van der Waals surface area (Å²) >= 11 is 7.00. The molecule has 0 aromatic heterocycles. The van der Waals surface area contributed by atoms with E-state index >= 15 is 0 Å². The lowest BCUT2D eigenvalue weighted by atomic mass is 10.2. The normalized spacial score (nSPS) is 10.8. The van der Waals surface area contributed by atoms with Crippen molar-refractivity contribution in [2.45, 2.75) is 27.4 Å². The van der Waals surface area contributed by atoms with Gasteiger partial charge in [0.2, 0.25) is 0 Å². The van der Waals surface area contributed by atoms with Crippen LogP contribution in [0.1, 0.15) is 42.3 Å². The third-order valence-electron chi connectivity index (χ3n) is 4.81. The zero-order valence-electron chi connectivity index (χ0n) is 20.3. The highest BCUT2D eigenvalue weighted by atomic mass is 79.9. The van der Waals surface area contributed by atoms with Crippen LogP contribution in [0.4, 0.5) is 0 Å². The van der Waals surface area contributed by atoms with Crippen LogP contribution < -0.4 is 24.4 Å². The summed E-state index contributed by atoms with van der Waals surface area (Å²) in [7, 11) is 0. The van der Waals surface area contributed by atoms with E-state index < -0.39 is 0 Å². The summed E-state index contributed by atoms with van der Waals surface area (Å²) in [5.41, 5.74) is 4.71. The van der Waals surface area contributed by atoms with Crippen LogP contribution in [0.2, 0.25) is 0 Å². The monoisotopic (exact) mass is 618 g/mol. The topological polar surface area (TPSA) is 78.4 Å². The van der Waals surface area contributed by atoms with Gasteiger partial charge >= 0.3 is 0 Å². The first-order chi connectivity index (χ1) is 17.4. The third-order valence-corrected chi connectivity index (χ3v) is 5.93. The van der Waals surface area contributed by atoms with Crippen molar-refractivity contribution in [1.82, 2.24) is 5.43 Å². The Morgan fingerprint density at radius 3 is 2.19 bits per heavy atom. The van der Waals surface area contributed by atoms with Crippen LogP contribution in [0, 0.1) is 0 Å². The van der Waals surface area contributed by atoms with Crippen LogP contribution in [0.15, 0.2) is 68.6 Å². The summed E-state index contributed by atoms with van der Waals surface area (Å²) < 4.78 is 24.7. The van der Waals surface area contributed by atoms with Gasteiger partial charge in [-0.15, -0.1) is 0 Å². The molecule has 0 aliphatic rings. The maximum absolute atomic E-state index is 12.6. The molecule has 3 rings (SSSR count). The van der Waals surface area contributed by atoms with E-state index in [1.165, 1.54) is 0 Å². The number of hydrogen-bond acceptors (Lipinski definition) is 6. The molecule has 0 aliphatic heterocycles. The van der Waals surface area contributed by atoms with Gasteiger partial charge in [-0.05, 0) is 90.3 Å². The standard InChI is InChI=1S/C27H28Br2N2O5/c1-4-33-23-12-9-20(15-24(23)34-5-2)27(32)31-30-16-19-13-22(29)26(25(14-19)35-6-3)36-17-18-7-10-21(28)11-8-18/h7-16H,4-6,17H2,1-3H3,(H,31,32)/b30-16+. The van der Waals surface area contributed by atoms with Crippen LogP contribution in [0.25, 0.3) is 0 Å². The second-order valence-corrected chi connectivity index (χ2v) is 9.17. The van der Waals surface area contributed by atoms with Crippen molar-refractivity contribution in [1.29, 1.82) is 0 Å². The van der Waals surface area contributed by atoms with Crippen molar-refractivity contribution in [2.75, 3.05) is 19.8 Å². The molecule has 0 saturated carbocycles. The SMILES string of the molecule is CCOc1ccc(C(=O)N/N=C/c2cc(Br)c(OCc3ccc(Br)cc3)c(OCC)c2)cc1OCC. The molecule has 7 nitrogen and oxygen atoms in total. The lowest BCUT2D eigenvalue weighted by molar-refractivity contribution is 0.0954. The van der Waals surface area contributed by atoms with Gasteiger partial charge in [-0.2, -0.15) is 5.10 Å². The fraction of sp³-hybridized carbons (Fsp3) is 0.259. The van der Waals surface area contributed by atoms with Gasteiger partial charge in [0.25, 0.3) is 5.91 Å². The lowest BCUT2D eigenvalue weighted by Crippen LogP contribution is -2.17. The number of nitrogens with zero attached hydrogens (tertiary/aromatic N) is 1. The number of rotatable bonds is 12. The lowest BCUT2D eigenvalue weighted by Gasteiger charge is -2.15. The van der Waals surface area contributed by atoms with Crippen LogP contribution in [0.5, 0.6) is 23.0 Å². The Morgan fingerprint density at radius 1 is 0.833 bits per heavy atom. The largest absolute Gasteiger partial charge is 0.490 e. The molecule has 0 fully saturated rings. The molecule has 9 heteroatoms. The molecule has 0 bridgehead atoms. The van der Waals surface area contributed by atoms with Gasteiger partial charge < -0.3 is 18.9 Å². The second kappa shape index (κ2) is 13.9. The van der Waals surface area contributed by atoms with Crippen LogP contribution in [-0.2, 0) is 6.61 Å². The first kappa shape index (κ1) is 27.5. The first-order valence-corrected chi connectivity index (χ1v) is 13.1. The summed E-state index contributed by atoms with van der Waals surface area (Å²) in [6.07, 6.45) is 1.54. The number of ether oxygens (including phenoxy) is 4. The average Bonchev–Trinajstić information content (AvgIpc) is 2.86. The van der Waals surface area contributed by atoms with Crippen molar-refractivity contribution >= 4 is 44.0 Å². The highest BCUT2D eigenvalue weighted by Crippen LogP contribution is 2.37. The van der Waals surface area contributed by atoms with Gasteiger partial charge in [0.1, 0.15) is 6.61 Å². The molecule has 0 aliphatic carbocycles. The predicted octanol–water partition coefficient (Wildman–Crippen LogP) is 6.75. The first-order valence-electron chi connectivity index (χ1n) is 11.5. The molecule has 3 aromatic rings. The minimum Gasteiger partial charge on any atom is -0.490 e. The number of hydrogen-bond donors (Lipinski definition) is 1. The van der Waals surface area contributed by atoms with Crippen molar-refractivity contribution in [2.24, 2.45) is 5.10 Å². The number of amides is 1. The molecular weight excluding hydrogens is 592 g/mol. The highest BCUT2D eigenvalue weighted by Gasteiger charge is 2.13. The van der Waals surface area contributed by atoms with Crippen molar-refractivity contribution in [3.8, 4) is 23.0 Å². The Kier molecular flexibility index (Phi) is 10.6. The van der Waals surface area contributed by atoms with E-state index in [4.69, 9.17) is 18.9 Å². The summed E-state index contributed by atoms with van der Waals surface area (Å²) in [5, 5.41) is 4.11. The predicted molar refractivity (Wildman–Crippen MR) is 148 cm³/mol. The molecule has 1 amide bonds. The maximum Gasteiger partial charge on any atom is 0.271 e. The molecule has 0 unspecified atom stereocenters. The summed E-state index contributed by atoms with van der Waals surface area (Å²) in [5.74, 6) is 1.91. The van der Waals surface area contributed by atoms with Crippen molar-refractivity contribution < 1.29 is 23.7 Å². The number of hydrazone groups is 1. The molecule has 0 heterocycles. The van der Waals surface area contributed by atoms with E-state index in [-0.39, 0.29) is 5.91 Å². The Morgan fingerprint density at radius 2 is 1.50 bits per heavy atom. The highest BCUT2D eigenvalue weighted by molar-refractivity contribution is 9.10. The van der Waals surface area contributed by atoms with E-state index in [9.17, 15) is 4.79 Å². The van der Waals surface area contributed by atoms with Gasteiger partial charge in [-0.3, -0.25) is 4.79 Å². The quantitative estimate of drug-likeness (QED) is 0.179. The Hall–Kier alpha value is -3.04. The average molecular weight is 620 g/mol. The Labute approximate surface area is 228 Å². The van der Waals surface area contributed by atoms with Crippen LogP contribution in [-0.4, -0.2) is 31.9 Å². The zero-order valence-corrected chi connectivity index (χ0v) is 23.5. The van der Waals surface area contributed by atoms with Gasteiger partial charge in [0.15, 0.2) is 23.0 Å². The number of halogens is 2. The summed E-state index contributed by atoms with van der Waals surface area (Å²) in [6.45, 7) is 7.49. The molecule has 190 valence electrons. The summed E-state index contributed by atoms with van der Waals surface area (Å²) in [6, 6.07) is 16.6. The molecule has 0 saturated heterocycles. The molecular formula is C27H28Br2N2O5. The van der Waals surface area contributed by atoms with Crippen LogP contribution in [0.3, 0.4) is 0 Å². The number of carbonyl (C=O) groups is 1. The molecule has 0 radical (unpaired) electrons. The van der Waals surface area contributed by atoms with E-state index in [0.29, 0.717) is 59.5 Å². The minimum absolute atomic E-state index is 0.367. The Bertz CT molecular complexity index is 1200. The van der Waals surface area contributed by atoms with Gasteiger partial charge in [0.05, 0.1) is 30.5 Å². The molecule has 3 aromatic carbocycles. The molecule has 0 spiro atoms.